The molecular formula is C48H74N7O19P3S. The number of thioether (sulfide) groups is 1. The highest BCUT2D eigenvalue weighted by atomic mass is 32.2. The number of phosphoric acid groups is 3. The van der Waals surface area contributed by atoms with Gasteiger partial charge in [-0.3, -0.25) is 42.1 Å². The summed E-state index contributed by atoms with van der Waals surface area (Å²) in [5.74, 6) is 0.808. The minimum Gasteiger partial charge on any atom is -0.386 e. The van der Waals surface area contributed by atoms with Crippen LogP contribution in [0.3, 0.4) is 0 Å². The molecule has 78 heavy (non-hydrogen) atoms. The fraction of sp³-hybridized carbons (Fsp3) is 0.750. The number of rotatable bonds is 25. The molecule has 0 bridgehead atoms. The van der Waals surface area contributed by atoms with Crippen LogP contribution in [-0.2, 0) is 60.3 Å². The quantitative estimate of drug-likeness (QED) is 0.0377. The summed E-state index contributed by atoms with van der Waals surface area (Å²) in [7, 11) is -16.5. The summed E-state index contributed by atoms with van der Waals surface area (Å²) in [4.78, 5) is 115. The molecule has 1 aliphatic heterocycles. The van der Waals surface area contributed by atoms with Gasteiger partial charge in [0, 0.05) is 43.5 Å². The molecule has 3 saturated carbocycles. The van der Waals surface area contributed by atoms with E-state index in [0.29, 0.717) is 42.4 Å². The second-order valence-corrected chi connectivity index (χ2v) is 28.0. The third-order valence-corrected chi connectivity index (χ3v) is 21.3. The summed E-state index contributed by atoms with van der Waals surface area (Å²) in [5, 5.41) is 26.4. The number of ketones is 2. The topological polar surface area (TPSA) is 398 Å². The van der Waals surface area contributed by atoms with Crippen molar-refractivity contribution >= 4 is 80.7 Å². The average Bonchev–Trinajstić information content (AvgIpc) is 4.22. The second-order valence-electron chi connectivity index (χ2n) is 22.6. The molecule has 3 heterocycles. The molecule has 7 rings (SSSR count). The van der Waals surface area contributed by atoms with E-state index in [9.17, 15) is 67.5 Å². The zero-order chi connectivity index (χ0) is 57.3. The number of nitrogens with zero attached hydrogens (tertiary/aromatic N) is 4. The Morgan fingerprint density at radius 2 is 1.67 bits per heavy atom. The number of aliphatic hydroxyl groups is 2. The second kappa shape index (κ2) is 24.6. The van der Waals surface area contributed by atoms with Crippen LogP contribution in [0.4, 0.5) is 5.82 Å². The third-order valence-electron chi connectivity index (χ3n) is 17.2. The number of anilines is 1. The van der Waals surface area contributed by atoms with Gasteiger partial charge < -0.3 is 50.9 Å². The van der Waals surface area contributed by atoms with Gasteiger partial charge in [0.15, 0.2) is 28.6 Å². The Morgan fingerprint density at radius 1 is 0.949 bits per heavy atom. The number of phosphoric ester groups is 3. The maximum Gasteiger partial charge on any atom is 0.481 e. The molecule has 436 valence electrons. The molecule has 15 atom stereocenters. The first kappa shape index (κ1) is 62.2. The van der Waals surface area contributed by atoms with Crippen molar-refractivity contribution in [2.24, 2.45) is 51.8 Å². The van der Waals surface area contributed by atoms with Gasteiger partial charge in [0.2, 0.25) is 11.8 Å². The van der Waals surface area contributed by atoms with Crippen LogP contribution in [-0.4, -0.2) is 134 Å². The van der Waals surface area contributed by atoms with Crippen LogP contribution in [0, 0.1) is 51.8 Å². The number of hydrogen-bond donors (Lipinski definition) is 9. The lowest BCUT2D eigenvalue weighted by Crippen LogP contribution is -2.51. The number of hydrogen-bond acceptors (Lipinski definition) is 20. The van der Waals surface area contributed by atoms with Gasteiger partial charge in [0.05, 0.1) is 25.5 Å². The predicted octanol–water partition coefficient (Wildman–Crippen LogP) is 4.43. The lowest BCUT2D eigenvalue weighted by molar-refractivity contribution is -0.137. The fourth-order valence-electron chi connectivity index (χ4n) is 12.9. The van der Waals surface area contributed by atoms with Gasteiger partial charge in [-0.25, -0.2) is 28.6 Å². The molecule has 0 spiro atoms. The van der Waals surface area contributed by atoms with Crippen molar-refractivity contribution in [3.05, 3.63) is 24.3 Å². The van der Waals surface area contributed by atoms with E-state index in [-0.39, 0.29) is 69.8 Å². The Kier molecular flexibility index (Phi) is 19.6. The third kappa shape index (κ3) is 14.3. The van der Waals surface area contributed by atoms with Gasteiger partial charge in [-0.2, -0.15) is 4.31 Å². The largest absolute Gasteiger partial charge is 0.481 e. The Labute approximate surface area is 456 Å². The molecule has 2 aromatic heterocycles. The maximum absolute atomic E-state index is 13.3. The Morgan fingerprint density at radius 3 is 2.38 bits per heavy atom. The number of allylic oxidation sites excluding steroid dienone is 1. The van der Waals surface area contributed by atoms with Gasteiger partial charge in [0.1, 0.15) is 42.0 Å². The normalized spacial score (nSPS) is 30.9. The zero-order valence-corrected chi connectivity index (χ0v) is 48.0. The van der Waals surface area contributed by atoms with Gasteiger partial charge in [-0.05, 0) is 105 Å². The summed E-state index contributed by atoms with van der Waals surface area (Å²) in [6, 6.07) is 0. The van der Waals surface area contributed by atoms with Crippen molar-refractivity contribution in [2.75, 3.05) is 37.8 Å². The van der Waals surface area contributed by atoms with Crippen LogP contribution in [0.5, 0.6) is 0 Å². The highest BCUT2D eigenvalue weighted by Gasteiger charge is 2.59. The molecule has 30 heteroatoms. The van der Waals surface area contributed by atoms with Crippen LogP contribution in [0.2, 0.25) is 0 Å². The number of nitrogens with one attached hydrogen (secondary N) is 2. The number of aromatic nitrogens is 4. The number of imidazole rings is 1. The zero-order valence-electron chi connectivity index (χ0n) is 44.5. The fourth-order valence-corrected chi connectivity index (χ4v) is 16.5. The Balaban J connectivity index is 0.772. The summed E-state index contributed by atoms with van der Waals surface area (Å²) in [6.45, 7) is 9.05. The van der Waals surface area contributed by atoms with Crippen molar-refractivity contribution in [1.82, 2.24) is 30.2 Å². The minimum absolute atomic E-state index is 0.0236. The number of fused-ring (bicyclic) bond motifs is 6. The van der Waals surface area contributed by atoms with E-state index in [2.05, 4.69) is 55.2 Å². The molecule has 0 aromatic carbocycles. The molecule has 5 aliphatic rings. The van der Waals surface area contributed by atoms with Crippen molar-refractivity contribution in [3.63, 3.8) is 0 Å². The lowest BCUT2D eigenvalue weighted by Gasteiger charge is -2.58. The molecule has 2 amide bonds. The van der Waals surface area contributed by atoms with Crippen molar-refractivity contribution in [3.8, 4) is 0 Å². The van der Waals surface area contributed by atoms with E-state index in [1.54, 1.807) is 6.92 Å². The summed E-state index contributed by atoms with van der Waals surface area (Å²) >= 11 is 0.955. The summed E-state index contributed by atoms with van der Waals surface area (Å²) < 4.78 is 62.7. The van der Waals surface area contributed by atoms with E-state index in [4.69, 9.17) is 19.5 Å². The van der Waals surface area contributed by atoms with Crippen LogP contribution in [0.25, 0.3) is 11.2 Å². The van der Waals surface area contributed by atoms with Crippen LogP contribution < -0.4 is 16.4 Å². The first-order valence-corrected chi connectivity index (χ1v) is 31.7. The molecule has 3 unspecified atom stereocenters. The van der Waals surface area contributed by atoms with E-state index in [0.717, 1.165) is 67.5 Å². The maximum atomic E-state index is 13.3. The molecular weight excluding hydrogens is 1100 g/mol. The standard InChI is InChI=1S/C48H74N7O19P3S/c1-26(31-10-11-32-30-9-8-28-21-29(56)13-16-47(28,5)33(30)14-17-48(31,32)6)7-12-34(57)27(2)45(62)78-20-19-50-36(58)15-18-51-43(61)40(60)46(3,4)23-71-77(68,69)74-76(66,67)70-22-35-39(73-75(63,64)65)38(59)44(72-35)55-25-54-37-41(49)52-24-53-42(37)55/h21,24-27,30-33,35,38-40,44,59-60H,7-20,22-23H2,1-6H3,(H,50,58)(H,51,61)(H,66,67)(H,68,69)(H2,49,52,53)(H2,63,64,65)/t26-,27?,30+,31-,32+,33+,35-,38-,39-,40+,44-,47+,48-/m1/s1. The van der Waals surface area contributed by atoms with E-state index in [1.807, 2.05) is 6.08 Å². The number of carbonyl (C=O) groups excluding carboxylic acids is 5. The SMILES string of the molecule is CC(C(=O)CC[C@@H](C)[C@H]1CC[C@H]2[C@@H]3CCC4=CC(=O)CC[C@]4(C)[C@H]3CC[C@]12C)C(=O)SCCNC(=O)CCNC(=O)[C@H](O)C(C)(C)COP(=O)(O)OP(=O)(O)OC[C@H]1O[C@@H](n2cnc3c(N)ncnc32)[C@H](O)[C@@H]1OP(=O)(O)O. The van der Waals surface area contributed by atoms with Crippen molar-refractivity contribution < 1.29 is 90.1 Å². The smallest absolute Gasteiger partial charge is 0.386 e. The number of ether oxygens (including phenoxy) is 1. The van der Waals surface area contributed by atoms with Crippen LogP contribution in [0.15, 0.2) is 24.3 Å². The van der Waals surface area contributed by atoms with Crippen LogP contribution in [0.1, 0.15) is 118 Å². The number of Topliss-reactive ketones (excluding diaryl/α,β-unsaturated/α-hetero) is 1. The number of amides is 2. The lowest BCUT2D eigenvalue weighted by atomic mass is 9.46. The molecule has 0 radical (unpaired) electrons. The number of nitrogen functional groups attached to an aromatic ring is 1. The molecule has 10 N–H and O–H groups in total. The molecule has 2 aromatic rings. The van der Waals surface area contributed by atoms with Gasteiger partial charge >= 0.3 is 23.5 Å². The Hall–Kier alpha value is -3.36. The molecule has 1 saturated heterocycles. The summed E-state index contributed by atoms with van der Waals surface area (Å²) in [5.41, 5.74) is 5.95. The number of carbonyl (C=O) groups is 5. The number of aliphatic hydroxyl groups excluding tert-OH is 2. The van der Waals surface area contributed by atoms with Gasteiger partial charge in [0.25, 0.3) is 0 Å². The number of nitrogens with two attached hydrogens (primary N) is 1. The average molecular weight is 1180 g/mol. The Bertz CT molecular complexity index is 2760. The molecule has 26 nitrogen and oxygen atoms in total. The monoisotopic (exact) mass is 1180 g/mol. The van der Waals surface area contributed by atoms with E-state index >= 15 is 0 Å². The minimum atomic E-state index is -5.61. The summed E-state index contributed by atoms with van der Waals surface area (Å²) in [6.07, 6.45) is 4.37. The first-order valence-electron chi connectivity index (χ1n) is 26.2. The van der Waals surface area contributed by atoms with Crippen LogP contribution >= 0.6 is 35.2 Å². The van der Waals surface area contributed by atoms with Crippen molar-refractivity contribution in [2.45, 2.75) is 143 Å². The predicted molar refractivity (Wildman–Crippen MR) is 280 cm³/mol. The highest BCUT2D eigenvalue weighted by Crippen LogP contribution is 2.68. The van der Waals surface area contributed by atoms with Crippen molar-refractivity contribution in [1.29, 1.82) is 0 Å². The first-order chi connectivity index (χ1) is 36.4. The van der Waals surface area contributed by atoms with Gasteiger partial charge in [-0.15, -0.1) is 0 Å². The van der Waals surface area contributed by atoms with E-state index in [1.165, 1.54) is 32.3 Å². The molecule has 4 aliphatic carbocycles. The van der Waals surface area contributed by atoms with E-state index < -0.39 is 90.5 Å². The van der Waals surface area contributed by atoms with Gasteiger partial charge in [-0.1, -0.05) is 52.0 Å². The highest BCUT2D eigenvalue weighted by molar-refractivity contribution is 8.13. The molecule has 4 fully saturated rings.